The van der Waals surface area contributed by atoms with Crippen LogP contribution in [-0.4, -0.2) is 30.7 Å². The maximum atomic E-state index is 11.1. The van der Waals surface area contributed by atoms with Gasteiger partial charge in [-0.1, -0.05) is 0 Å². The normalized spacial score (nSPS) is 15.9. The molecule has 1 aliphatic rings. The summed E-state index contributed by atoms with van der Waals surface area (Å²) < 4.78 is 5.62. The first kappa shape index (κ1) is 15.6. The quantitative estimate of drug-likeness (QED) is 0.617. The highest BCUT2D eigenvalue weighted by molar-refractivity contribution is 5.58. The molecule has 1 saturated carbocycles. The second-order valence-corrected chi connectivity index (χ2v) is 5.86. The van der Waals surface area contributed by atoms with Crippen LogP contribution in [0.2, 0.25) is 0 Å². The monoisotopic (exact) mass is 293 g/mol. The first-order chi connectivity index (χ1) is 9.92. The topological polar surface area (TPSA) is 81.6 Å². The molecule has 0 spiro atoms. The molecule has 6 nitrogen and oxygen atoms in total. The molecule has 1 fully saturated rings. The molecule has 0 bridgehead atoms. The van der Waals surface area contributed by atoms with Gasteiger partial charge >= 0.3 is 0 Å². The van der Waals surface area contributed by atoms with Gasteiger partial charge in [-0.25, -0.2) is 0 Å². The Balaban J connectivity index is 2.31. The van der Waals surface area contributed by atoms with Crippen molar-refractivity contribution in [1.82, 2.24) is 0 Å². The molecule has 1 unspecified atom stereocenters. The summed E-state index contributed by atoms with van der Waals surface area (Å²) in [6.07, 6.45) is 2.33. The fourth-order valence-corrected chi connectivity index (χ4v) is 2.56. The fraction of sp³-hybridized carbons (Fsp3) is 0.600. The van der Waals surface area contributed by atoms with Gasteiger partial charge in [-0.2, -0.15) is 0 Å². The summed E-state index contributed by atoms with van der Waals surface area (Å²) in [4.78, 5) is 12.8. The molecule has 1 aromatic carbocycles. The average molecular weight is 293 g/mol. The van der Waals surface area contributed by atoms with Crippen LogP contribution in [0.25, 0.3) is 0 Å². The van der Waals surface area contributed by atoms with Crippen molar-refractivity contribution in [2.24, 2.45) is 11.7 Å². The summed E-state index contributed by atoms with van der Waals surface area (Å²) in [7, 11) is 1.94. The number of nitro benzene ring substituents is 1. The van der Waals surface area contributed by atoms with Crippen molar-refractivity contribution in [3.63, 3.8) is 0 Å². The summed E-state index contributed by atoms with van der Waals surface area (Å²) >= 11 is 0. The van der Waals surface area contributed by atoms with Crippen molar-refractivity contribution < 1.29 is 9.66 Å². The van der Waals surface area contributed by atoms with Gasteiger partial charge in [-0.3, -0.25) is 10.1 Å². The number of anilines is 1. The number of non-ortho nitro benzene ring substituents is 1. The van der Waals surface area contributed by atoms with Crippen molar-refractivity contribution in [3.8, 4) is 5.75 Å². The van der Waals surface area contributed by atoms with Crippen molar-refractivity contribution >= 4 is 11.4 Å². The van der Waals surface area contributed by atoms with E-state index in [0.29, 0.717) is 18.2 Å². The van der Waals surface area contributed by atoms with Crippen LogP contribution >= 0.6 is 0 Å². The molecule has 0 aromatic heterocycles. The summed E-state index contributed by atoms with van der Waals surface area (Å²) in [6, 6.07) is 5.11. The Morgan fingerprint density at radius 2 is 2.10 bits per heavy atom. The van der Waals surface area contributed by atoms with Gasteiger partial charge in [0.1, 0.15) is 5.75 Å². The Kier molecular flexibility index (Phi) is 4.67. The lowest BCUT2D eigenvalue weighted by molar-refractivity contribution is -0.384. The highest BCUT2D eigenvalue weighted by Gasteiger charge is 2.33. The first-order valence-corrected chi connectivity index (χ1v) is 7.31. The number of hydrogen-bond donors (Lipinski definition) is 1. The van der Waals surface area contributed by atoms with Crippen LogP contribution in [0.4, 0.5) is 11.4 Å². The van der Waals surface area contributed by atoms with Gasteiger partial charge < -0.3 is 15.4 Å². The maximum Gasteiger partial charge on any atom is 0.275 e. The molecule has 0 radical (unpaired) electrons. The van der Waals surface area contributed by atoms with E-state index < -0.39 is 0 Å². The number of hydrogen-bond acceptors (Lipinski definition) is 5. The average Bonchev–Trinajstić information content (AvgIpc) is 3.22. The molecule has 0 aliphatic heterocycles. The second kappa shape index (κ2) is 6.30. The molecule has 2 N–H and O–H groups in total. The van der Waals surface area contributed by atoms with Crippen molar-refractivity contribution in [2.45, 2.75) is 38.8 Å². The molecule has 1 aliphatic carbocycles. The Labute approximate surface area is 125 Å². The number of likely N-dealkylation sites (N-methyl/N-ethyl adjacent to an activating group) is 1. The number of rotatable bonds is 7. The van der Waals surface area contributed by atoms with Crippen LogP contribution in [0.15, 0.2) is 18.2 Å². The van der Waals surface area contributed by atoms with Crippen LogP contribution < -0.4 is 15.4 Å². The molecule has 6 heteroatoms. The van der Waals surface area contributed by atoms with E-state index in [2.05, 4.69) is 0 Å². The van der Waals surface area contributed by atoms with Gasteiger partial charge in [0.2, 0.25) is 0 Å². The number of benzene rings is 1. The van der Waals surface area contributed by atoms with Gasteiger partial charge in [0.25, 0.3) is 5.69 Å². The van der Waals surface area contributed by atoms with E-state index in [0.717, 1.165) is 5.69 Å². The van der Waals surface area contributed by atoms with Crippen LogP contribution in [-0.2, 0) is 0 Å². The first-order valence-electron chi connectivity index (χ1n) is 7.31. The predicted octanol–water partition coefficient (Wildman–Crippen LogP) is 2.56. The summed E-state index contributed by atoms with van der Waals surface area (Å²) in [5, 5.41) is 11.1. The number of nitro groups is 1. The summed E-state index contributed by atoms with van der Waals surface area (Å²) in [6.45, 7) is 4.34. The van der Waals surface area contributed by atoms with Crippen LogP contribution in [0.1, 0.15) is 26.7 Å². The van der Waals surface area contributed by atoms with Crippen LogP contribution in [0.3, 0.4) is 0 Å². The maximum absolute atomic E-state index is 11.1. The third-order valence-corrected chi connectivity index (χ3v) is 3.77. The zero-order valence-corrected chi connectivity index (χ0v) is 12.8. The van der Waals surface area contributed by atoms with E-state index >= 15 is 0 Å². The Bertz CT molecular complexity index is 515. The molecule has 2 rings (SSSR count). The van der Waals surface area contributed by atoms with Gasteiger partial charge in [-0.05, 0) is 32.6 Å². The Hall–Kier alpha value is -1.82. The predicted molar refractivity (Wildman–Crippen MR) is 82.8 cm³/mol. The molecule has 0 saturated heterocycles. The molecular formula is C15H23N3O3. The van der Waals surface area contributed by atoms with Crippen LogP contribution in [0.5, 0.6) is 5.75 Å². The Morgan fingerprint density at radius 1 is 1.43 bits per heavy atom. The van der Waals surface area contributed by atoms with Gasteiger partial charge in [0.15, 0.2) is 0 Å². The SMILES string of the molecule is CC(C)Oc1cc(N(C)C(CN)C2CC2)cc([N+](=O)[O-])c1. The number of nitrogens with zero attached hydrogens (tertiary/aromatic N) is 2. The standard InChI is InChI=1S/C15H23N3O3/c1-10(2)21-14-7-12(6-13(8-14)18(19)20)17(3)15(9-16)11-4-5-11/h6-8,10-11,15H,4-5,9,16H2,1-3H3. The Morgan fingerprint density at radius 3 is 2.57 bits per heavy atom. The molecular weight excluding hydrogens is 270 g/mol. The van der Waals surface area contributed by atoms with E-state index in [4.69, 9.17) is 10.5 Å². The van der Waals surface area contributed by atoms with E-state index in [-0.39, 0.29) is 22.8 Å². The van der Waals surface area contributed by atoms with E-state index in [1.165, 1.54) is 18.9 Å². The summed E-state index contributed by atoms with van der Waals surface area (Å²) in [5.74, 6) is 1.11. The minimum atomic E-state index is -0.390. The van der Waals surface area contributed by atoms with E-state index in [1.54, 1.807) is 6.07 Å². The molecule has 0 heterocycles. The number of nitrogens with two attached hydrogens (primary N) is 1. The van der Waals surface area contributed by atoms with Gasteiger partial charge in [0, 0.05) is 37.5 Å². The zero-order chi connectivity index (χ0) is 15.6. The van der Waals surface area contributed by atoms with Crippen molar-refractivity contribution in [2.75, 3.05) is 18.5 Å². The third kappa shape index (κ3) is 3.85. The lowest BCUT2D eigenvalue weighted by atomic mass is 10.1. The molecule has 116 valence electrons. The molecule has 21 heavy (non-hydrogen) atoms. The molecule has 0 amide bonds. The minimum Gasteiger partial charge on any atom is -0.491 e. The minimum absolute atomic E-state index is 0.0288. The van der Waals surface area contributed by atoms with Crippen molar-refractivity contribution in [1.29, 1.82) is 0 Å². The third-order valence-electron chi connectivity index (χ3n) is 3.77. The molecule has 1 atom stereocenters. The van der Waals surface area contributed by atoms with Gasteiger partial charge in [0.05, 0.1) is 17.1 Å². The van der Waals surface area contributed by atoms with E-state index in [9.17, 15) is 10.1 Å². The zero-order valence-electron chi connectivity index (χ0n) is 12.8. The van der Waals surface area contributed by atoms with Gasteiger partial charge in [-0.15, -0.1) is 0 Å². The summed E-state index contributed by atoms with van der Waals surface area (Å²) in [5.41, 5.74) is 6.68. The largest absolute Gasteiger partial charge is 0.491 e. The molecule has 1 aromatic rings. The fourth-order valence-electron chi connectivity index (χ4n) is 2.56. The van der Waals surface area contributed by atoms with Crippen LogP contribution in [0, 0.1) is 16.0 Å². The van der Waals surface area contributed by atoms with E-state index in [1.807, 2.05) is 31.9 Å². The smallest absolute Gasteiger partial charge is 0.275 e. The number of ether oxygens (including phenoxy) is 1. The highest BCUT2D eigenvalue weighted by atomic mass is 16.6. The lowest BCUT2D eigenvalue weighted by Crippen LogP contribution is -2.39. The highest BCUT2D eigenvalue weighted by Crippen LogP contribution is 2.37. The van der Waals surface area contributed by atoms with Crippen molar-refractivity contribution in [3.05, 3.63) is 28.3 Å². The lowest BCUT2D eigenvalue weighted by Gasteiger charge is -2.29. The second-order valence-electron chi connectivity index (χ2n) is 5.86.